The molecule has 0 unspecified atom stereocenters. The Bertz CT molecular complexity index is 763. The van der Waals surface area contributed by atoms with Gasteiger partial charge in [-0.2, -0.15) is 0 Å². The number of benzene rings is 1. The summed E-state index contributed by atoms with van der Waals surface area (Å²) < 4.78 is 5.79. The molecule has 1 amide bonds. The molecule has 1 N–H and O–H groups in total. The van der Waals surface area contributed by atoms with Crippen LogP contribution >= 0.6 is 36.4 Å². The summed E-state index contributed by atoms with van der Waals surface area (Å²) in [5.74, 6) is 1.52. The zero-order chi connectivity index (χ0) is 18.0. The van der Waals surface area contributed by atoms with E-state index >= 15 is 0 Å². The summed E-state index contributed by atoms with van der Waals surface area (Å²) in [6.07, 6.45) is 6.18. The predicted molar refractivity (Wildman–Crippen MR) is 115 cm³/mol. The van der Waals surface area contributed by atoms with Crippen LogP contribution in [0.4, 0.5) is 0 Å². The van der Waals surface area contributed by atoms with Crippen molar-refractivity contribution in [3.05, 3.63) is 41.4 Å². The van der Waals surface area contributed by atoms with Crippen LogP contribution in [-0.4, -0.2) is 42.0 Å². The normalized spacial score (nSPS) is 17.8. The van der Waals surface area contributed by atoms with E-state index in [0.29, 0.717) is 34.9 Å². The summed E-state index contributed by atoms with van der Waals surface area (Å²) in [7, 11) is 0. The van der Waals surface area contributed by atoms with Gasteiger partial charge in [-0.1, -0.05) is 11.6 Å². The summed E-state index contributed by atoms with van der Waals surface area (Å²) in [5.41, 5.74) is 1.37. The third-order valence-corrected chi connectivity index (χ3v) is 6.00. The molecule has 154 valence electrons. The van der Waals surface area contributed by atoms with E-state index in [0.717, 1.165) is 44.6 Å². The van der Waals surface area contributed by atoms with Gasteiger partial charge >= 0.3 is 0 Å². The van der Waals surface area contributed by atoms with E-state index in [1.165, 1.54) is 6.42 Å². The molecule has 2 aliphatic rings. The molecular weight excluding hydrogens is 421 g/mol. The van der Waals surface area contributed by atoms with Crippen LogP contribution in [0.5, 0.6) is 0 Å². The number of nitrogens with one attached hydrogen (secondary N) is 1. The quantitative estimate of drug-likeness (QED) is 0.757. The molecule has 28 heavy (non-hydrogen) atoms. The van der Waals surface area contributed by atoms with Crippen LogP contribution in [0, 0.1) is 5.41 Å². The Hall–Kier alpha value is -1.27. The van der Waals surface area contributed by atoms with Crippen molar-refractivity contribution in [1.29, 1.82) is 0 Å². The number of amides is 1. The maximum Gasteiger partial charge on any atom is 0.223 e. The number of hydrogen-bond donors (Lipinski definition) is 1. The van der Waals surface area contributed by atoms with E-state index in [1.54, 1.807) is 6.20 Å². The van der Waals surface area contributed by atoms with Crippen LogP contribution in [0.2, 0.25) is 5.02 Å². The standard InChI is InChI=1S/C20H24ClN3O2.2ClH/c21-16-3-1-15(2-4-16)17-13-23-18(26-17)5-6-19(25)24-11-8-20(9-12-24)7-10-22-14-20;;/h1-4,13,22H,5-12,14H2;2*1H. The Balaban J connectivity index is 0.00000140. The van der Waals surface area contributed by atoms with Crippen molar-refractivity contribution in [2.45, 2.75) is 32.1 Å². The molecule has 2 fully saturated rings. The molecule has 0 saturated carbocycles. The van der Waals surface area contributed by atoms with Gasteiger partial charge in [-0.3, -0.25) is 4.79 Å². The highest BCUT2D eigenvalue weighted by Crippen LogP contribution is 2.37. The summed E-state index contributed by atoms with van der Waals surface area (Å²) in [6.45, 7) is 3.98. The smallest absolute Gasteiger partial charge is 0.223 e. The number of halogens is 3. The van der Waals surface area contributed by atoms with Gasteiger partial charge in [0.2, 0.25) is 5.91 Å². The molecule has 1 aromatic heterocycles. The van der Waals surface area contributed by atoms with Crippen LogP contribution in [0.15, 0.2) is 34.9 Å². The van der Waals surface area contributed by atoms with Crippen LogP contribution in [0.3, 0.4) is 0 Å². The number of likely N-dealkylation sites (tertiary alicyclic amines) is 1. The Morgan fingerprint density at radius 1 is 1.18 bits per heavy atom. The van der Waals surface area contributed by atoms with Gasteiger partial charge in [-0.25, -0.2) is 4.98 Å². The minimum absolute atomic E-state index is 0. The Kier molecular flexibility index (Phi) is 8.19. The highest BCUT2D eigenvalue weighted by Gasteiger charge is 2.37. The van der Waals surface area contributed by atoms with Crippen molar-refractivity contribution >= 4 is 42.3 Å². The van der Waals surface area contributed by atoms with Crippen molar-refractivity contribution < 1.29 is 9.21 Å². The Morgan fingerprint density at radius 3 is 2.54 bits per heavy atom. The lowest BCUT2D eigenvalue weighted by Gasteiger charge is -2.38. The lowest BCUT2D eigenvalue weighted by molar-refractivity contribution is -0.133. The maximum absolute atomic E-state index is 12.5. The van der Waals surface area contributed by atoms with Crippen molar-refractivity contribution in [1.82, 2.24) is 15.2 Å². The lowest BCUT2D eigenvalue weighted by atomic mass is 9.78. The van der Waals surface area contributed by atoms with Gasteiger partial charge in [0.15, 0.2) is 11.7 Å². The van der Waals surface area contributed by atoms with Crippen molar-refractivity contribution in [3.8, 4) is 11.3 Å². The number of oxazole rings is 1. The van der Waals surface area contributed by atoms with Crippen molar-refractivity contribution in [2.24, 2.45) is 5.41 Å². The molecule has 8 heteroatoms. The number of aromatic nitrogens is 1. The fraction of sp³-hybridized carbons (Fsp3) is 0.500. The molecule has 0 bridgehead atoms. The van der Waals surface area contributed by atoms with Gasteiger partial charge in [0.25, 0.3) is 0 Å². The van der Waals surface area contributed by atoms with E-state index in [2.05, 4.69) is 10.3 Å². The zero-order valence-electron chi connectivity index (χ0n) is 15.7. The van der Waals surface area contributed by atoms with Gasteiger partial charge in [-0.05, 0) is 55.5 Å². The minimum Gasteiger partial charge on any atom is -0.441 e. The lowest BCUT2D eigenvalue weighted by Crippen LogP contribution is -2.44. The molecule has 4 rings (SSSR count). The molecule has 2 aromatic rings. The molecule has 1 spiro atoms. The first-order valence-electron chi connectivity index (χ1n) is 9.33. The average Bonchev–Trinajstić information content (AvgIpc) is 3.31. The summed E-state index contributed by atoms with van der Waals surface area (Å²) in [4.78, 5) is 18.8. The number of carbonyl (C=O) groups excluding carboxylic acids is 1. The molecule has 0 aliphatic carbocycles. The molecule has 5 nitrogen and oxygen atoms in total. The van der Waals surface area contributed by atoms with Crippen LogP contribution < -0.4 is 5.32 Å². The summed E-state index contributed by atoms with van der Waals surface area (Å²) in [5, 5.41) is 4.15. The number of hydrogen-bond acceptors (Lipinski definition) is 4. The highest BCUT2D eigenvalue weighted by atomic mass is 35.5. The summed E-state index contributed by atoms with van der Waals surface area (Å²) >= 11 is 5.91. The van der Waals surface area contributed by atoms with Crippen molar-refractivity contribution in [2.75, 3.05) is 26.2 Å². The maximum atomic E-state index is 12.5. The van der Waals surface area contributed by atoms with Gasteiger partial charge in [0, 0.05) is 43.1 Å². The van der Waals surface area contributed by atoms with Crippen molar-refractivity contribution in [3.63, 3.8) is 0 Å². The Morgan fingerprint density at radius 2 is 1.89 bits per heavy atom. The van der Waals surface area contributed by atoms with E-state index in [-0.39, 0.29) is 30.7 Å². The monoisotopic (exact) mass is 445 g/mol. The van der Waals surface area contributed by atoms with E-state index < -0.39 is 0 Å². The number of rotatable bonds is 4. The van der Waals surface area contributed by atoms with Crippen LogP contribution in [-0.2, 0) is 11.2 Å². The first kappa shape index (κ1) is 23.0. The fourth-order valence-corrected chi connectivity index (χ4v) is 4.12. The van der Waals surface area contributed by atoms with Crippen LogP contribution in [0.1, 0.15) is 31.6 Å². The topological polar surface area (TPSA) is 58.4 Å². The average molecular weight is 447 g/mol. The Labute approximate surface area is 183 Å². The predicted octanol–water partition coefficient (Wildman–Crippen LogP) is 4.37. The third kappa shape index (κ3) is 5.20. The summed E-state index contributed by atoms with van der Waals surface area (Å²) in [6, 6.07) is 7.45. The minimum atomic E-state index is 0. The molecule has 2 aliphatic heterocycles. The molecular formula is C20H26Cl3N3O2. The fourth-order valence-electron chi connectivity index (χ4n) is 4.00. The highest BCUT2D eigenvalue weighted by molar-refractivity contribution is 6.30. The first-order valence-corrected chi connectivity index (χ1v) is 9.71. The first-order chi connectivity index (χ1) is 12.6. The zero-order valence-corrected chi connectivity index (χ0v) is 18.0. The van der Waals surface area contributed by atoms with Gasteiger partial charge < -0.3 is 14.6 Å². The molecule has 3 heterocycles. The van der Waals surface area contributed by atoms with E-state index in [9.17, 15) is 4.79 Å². The van der Waals surface area contributed by atoms with Gasteiger partial charge in [0.1, 0.15) is 0 Å². The second-order valence-corrected chi connectivity index (χ2v) is 7.87. The molecule has 2 saturated heterocycles. The van der Waals surface area contributed by atoms with Gasteiger partial charge in [-0.15, -0.1) is 24.8 Å². The van der Waals surface area contributed by atoms with Crippen LogP contribution in [0.25, 0.3) is 11.3 Å². The number of carbonyl (C=O) groups is 1. The third-order valence-electron chi connectivity index (χ3n) is 5.74. The van der Waals surface area contributed by atoms with E-state index in [1.807, 2.05) is 29.2 Å². The second kappa shape index (κ2) is 9.97. The number of aryl methyl sites for hydroxylation is 1. The second-order valence-electron chi connectivity index (χ2n) is 7.43. The van der Waals surface area contributed by atoms with E-state index in [4.69, 9.17) is 16.0 Å². The molecule has 0 radical (unpaired) electrons. The van der Waals surface area contributed by atoms with Gasteiger partial charge in [0.05, 0.1) is 6.20 Å². The number of nitrogens with zero attached hydrogens (tertiary/aromatic N) is 2. The molecule has 0 atom stereocenters. The number of piperidine rings is 1. The molecule has 1 aromatic carbocycles. The SMILES string of the molecule is Cl.Cl.O=C(CCc1ncc(-c2ccc(Cl)cc2)o1)N1CCC2(CCNC2)CC1. The largest absolute Gasteiger partial charge is 0.441 e.